The molecular formula is C15H20O5. The maximum absolute atomic E-state index is 11.7. The van der Waals surface area contributed by atoms with Crippen LogP contribution in [0.4, 0.5) is 0 Å². The Morgan fingerprint density at radius 2 is 2.05 bits per heavy atom. The number of hydrogen-bond acceptors (Lipinski definition) is 4. The Morgan fingerprint density at radius 3 is 2.65 bits per heavy atom. The maximum Gasteiger partial charge on any atom is 0.349 e. The molecule has 0 heterocycles. The fourth-order valence-electron chi connectivity index (χ4n) is 1.68. The van der Waals surface area contributed by atoms with Crippen LogP contribution < -0.4 is 0 Å². The van der Waals surface area contributed by atoms with Crippen LogP contribution in [0.25, 0.3) is 0 Å². The second-order valence-electron chi connectivity index (χ2n) is 4.90. The van der Waals surface area contributed by atoms with Crippen molar-refractivity contribution in [2.24, 2.45) is 0 Å². The third-order valence-corrected chi connectivity index (χ3v) is 2.66. The normalized spacial score (nSPS) is 14.9. The molecule has 1 rings (SSSR count). The number of carboxylic acids is 1. The lowest BCUT2D eigenvalue weighted by molar-refractivity contribution is -0.162. The van der Waals surface area contributed by atoms with E-state index in [1.54, 1.807) is 39.0 Å². The van der Waals surface area contributed by atoms with E-state index in [4.69, 9.17) is 14.6 Å². The van der Waals surface area contributed by atoms with Crippen LogP contribution in [0.5, 0.6) is 0 Å². The average Bonchev–Trinajstić information content (AvgIpc) is 2.54. The molecule has 0 saturated carbocycles. The van der Waals surface area contributed by atoms with Crippen molar-refractivity contribution >= 4 is 11.9 Å². The van der Waals surface area contributed by atoms with E-state index in [0.717, 1.165) is 5.57 Å². The van der Waals surface area contributed by atoms with Gasteiger partial charge < -0.3 is 14.6 Å². The van der Waals surface area contributed by atoms with E-state index < -0.39 is 17.5 Å². The van der Waals surface area contributed by atoms with Crippen LogP contribution in [0.15, 0.2) is 35.6 Å². The van der Waals surface area contributed by atoms with Gasteiger partial charge in [-0.3, -0.25) is 4.79 Å². The van der Waals surface area contributed by atoms with E-state index in [1.165, 1.54) is 0 Å². The van der Waals surface area contributed by atoms with Gasteiger partial charge in [0.2, 0.25) is 0 Å². The molecule has 5 heteroatoms. The van der Waals surface area contributed by atoms with Crippen molar-refractivity contribution in [1.29, 1.82) is 0 Å². The summed E-state index contributed by atoms with van der Waals surface area (Å²) in [6.45, 7) is 5.29. The lowest BCUT2D eigenvalue weighted by atomic mass is 10.1. The summed E-state index contributed by atoms with van der Waals surface area (Å²) in [5.41, 5.74) is -0.307. The topological polar surface area (TPSA) is 72.8 Å². The molecule has 0 bridgehead atoms. The number of carbonyl (C=O) groups excluding carboxylic acids is 1. The Kier molecular flexibility index (Phi) is 5.55. The molecule has 0 unspecified atom stereocenters. The summed E-state index contributed by atoms with van der Waals surface area (Å²) in [5, 5.41) is 8.76. The fraction of sp³-hybridized carbons (Fsp3) is 0.467. The van der Waals surface area contributed by atoms with Gasteiger partial charge in [0.25, 0.3) is 0 Å². The molecule has 1 aliphatic rings. The van der Waals surface area contributed by atoms with E-state index in [1.807, 2.05) is 6.08 Å². The molecule has 0 spiro atoms. The van der Waals surface area contributed by atoms with Crippen LogP contribution in [0.2, 0.25) is 0 Å². The second-order valence-corrected chi connectivity index (χ2v) is 4.90. The maximum atomic E-state index is 11.7. The molecular weight excluding hydrogens is 260 g/mol. The summed E-state index contributed by atoms with van der Waals surface area (Å²) in [7, 11) is 0. The first-order valence-corrected chi connectivity index (χ1v) is 6.49. The summed E-state index contributed by atoms with van der Waals surface area (Å²) in [6, 6.07) is 0. The third kappa shape index (κ3) is 4.91. The van der Waals surface area contributed by atoms with Gasteiger partial charge in [-0.05, 0) is 39.3 Å². The SMILES string of the molecule is CCOC(=O)C(C)(C)OC1=CC=C(CC(=O)O)CC=C1. The Hall–Kier alpha value is -2.04. The molecule has 1 aliphatic carbocycles. The van der Waals surface area contributed by atoms with Gasteiger partial charge in [0.15, 0.2) is 5.60 Å². The monoisotopic (exact) mass is 280 g/mol. The summed E-state index contributed by atoms with van der Waals surface area (Å²) >= 11 is 0. The third-order valence-electron chi connectivity index (χ3n) is 2.66. The largest absolute Gasteiger partial charge is 0.481 e. The van der Waals surface area contributed by atoms with Crippen molar-refractivity contribution in [2.45, 2.75) is 39.2 Å². The van der Waals surface area contributed by atoms with E-state index in [0.29, 0.717) is 18.8 Å². The standard InChI is InChI=1S/C15H20O5/c1-4-19-14(18)15(2,3)20-12-7-5-6-11(8-9-12)10-13(16)17/h5,7-9H,4,6,10H2,1-3H3,(H,16,17). The number of carbonyl (C=O) groups is 2. The number of rotatable bonds is 6. The minimum Gasteiger partial charge on any atom is -0.481 e. The number of aliphatic carboxylic acids is 1. The van der Waals surface area contributed by atoms with Gasteiger partial charge >= 0.3 is 11.9 Å². The molecule has 20 heavy (non-hydrogen) atoms. The molecule has 0 fully saturated rings. The zero-order valence-corrected chi connectivity index (χ0v) is 12.0. The fourth-order valence-corrected chi connectivity index (χ4v) is 1.68. The molecule has 0 radical (unpaired) electrons. The highest BCUT2D eigenvalue weighted by Gasteiger charge is 2.31. The van der Waals surface area contributed by atoms with E-state index in [-0.39, 0.29) is 6.42 Å². The van der Waals surface area contributed by atoms with Crippen molar-refractivity contribution in [1.82, 2.24) is 0 Å². The minimum atomic E-state index is -1.09. The van der Waals surface area contributed by atoms with Gasteiger partial charge in [-0.2, -0.15) is 0 Å². The van der Waals surface area contributed by atoms with Crippen LogP contribution >= 0.6 is 0 Å². The first-order valence-electron chi connectivity index (χ1n) is 6.49. The number of hydrogen-bond donors (Lipinski definition) is 1. The Balaban J connectivity index is 2.77. The summed E-state index contributed by atoms with van der Waals surface area (Å²) in [6.07, 6.45) is 7.47. The van der Waals surface area contributed by atoms with Gasteiger partial charge in [0.05, 0.1) is 13.0 Å². The first kappa shape index (κ1) is 16.0. The van der Waals surface area contributed by atoms with Crippen LogP contribution in [0.3, 0.4) is 0 Å². The predicted molar refractivity (Wildman–Crippen MR) is 74.0 cm³/mol. The molecule has 0 amide bonds. The molecule has 110 valence electrons. The van der Waals surface area contributed by atoms with Crippen molar-refractivity contribution < 1.29 is 24.2 Å². The minimum absolute atomic E-state index is 0.00457. The smallest absolute Gasteiger partial charge is 0.349 e. The molecule has 0 atom stereocenters. The average molecular weight is 280 g/mol. The molecule has 0 aromatic carbocycles. The highest BCUT2D eigenvalue weighted by molar-refractivity contribution is 5.78. The molecule has 1 N–H and O–H groups in total. The lowest BCUT2D eigenvalue weighted by Crippen LogP contribution is -2.36. The Morgan fingerprint density at radius 1 is 1.35 bits per heavy atom. The molecule has 0 aliphatic heterocycles. The molecule has 5 nitrogen and oxygen atoms in total. The predicted octanol–water partition coefficient (Wildman–Crippen LogP) is 2.59. The summed E-state index contributed by atoms with van der Waals surface area (Å²) in [4.78, 5) is 22.4. The van der Waals surface area contributed by atoms with E-state index in [9.17, 15) is 9.59 Å². The first-order chi connectivity index (χ1) is 9.35. The molecule has 0 aromatic rings. The zero-order valence-electron chi connectivity index (χ0n) is 12.0. The Labute approximate surface area is 118 Å². The van der Waals surface area contributed by atoms with Gasteiger partial charge in [-0.1, -0.05) is 17.7 Å². The van der Waals surface area contributed by atoms with Crippen LogP contribution in [0.1, 0.15) is 33.6 Å². The number of carboxylic acid groups (broad SMARTS) is 1. The van der Waals surface area contributed by atoms with E-state index >= 15 is 0 Å². The molecule has 0 aromatic heterocycles. The summed E-state index contributed by atoms with van der Waals surface area (Å²) in [5.74, 6) is -0.800. The number of esters is 1. The lowest BCUT2D eigenvalue weighted by Gasteiger charge is -2.24. The van der Waals surface area contributed by atoms with Gasteiger partial charge in [-0.15, -0.1) is 0 Å². The van der Waals surface area contributed by atoms with Crippen LogP contribution in [-0.2, 0) is 19.1 Å². The van der Waals surface area contributed by atoms with Gasteiger partial charge in [0, 0.05) is 0 Å². The van der Waals surface area contributed by atoms with Crippen molar-refractivity contribution in [3.63, 3.8) is 0 Å². The van der Waals surface area contributed by atoms with Gasteiger partial charge in [-0.25, -0.2) is 4.79 Å². The quantitative estimate of drug-likeness (QED) is 0.757. The van der Waals surface area contributed by atoms with Crippen molar-refractivity contribution in [3.8, 4) is 0 Å². The van der Waals surface area contributed by atoms with Crippen molar-refractivity contribution in [2.75, 3.05) is 6.61 Å². The van der Waals surface area contributed by atoms with E-state index in [2.05, 4.69) is 0 Å². The Bertz CT molecular complexity index is 469. The van der Waals surface area contributed by atoms with Crippen LogP contribution in [0, 0.1) is 0 Å². The second kappa shape index (κ2) is 6.93. The molecule has 0 saturated heterocycles. The van der Waals surface area contributed by atoms with Crippen LogP contribution in [-0.4, -0.2) is 29.3 Å². The summed E-state index contributed by atoms with van der Waals surface area (Å²) < 4.78 is 10.6. The van der Waals surface area contributed by atoms with Crippen molar-refractivity contribution in [3.05, 3.63) is 35.6 Å². The number of allylic oxidation sites excluding steroid dienone is 4. The highest BCUT2D eigenvalue weighted by Crippen LogP contribution is 2.21. The van der Waals surface area contributed by atoms with Gasteiger partial charge in [0.1, 0.15) is 5.76 Å². The zero-order chi connectivity index (χ0) is 15.2. The number of ether oxygens (including phenoxy) is 2. The highest BCUT2D eigenvalue weighted by atomic mass is 16.6.